The van der Waals surface area contributed by atoms with E-state index in [0.717, 1.165) is 18.1 Å². The van der Waals surface area contributed by atoms with E-state index in [-0.39, 0.29) is 0 Å². The molecule has 0 aromatic heterocycles. The Kier molecular flexibility index (Phi) is 4.35. The molecule has 0 amide bonds. The van der Waals surface area contributed by atoms with Crippen LogP contribution >= 0.6 is 11.8 Å². The van der Waals surface area contributed by atoms with Crippen molar-refractivity contribution < 1.29 is 4.74 Å². The molecule has 94 valence electrons. The number of hydrogen-bond acceptors (Lipinski definition) is 3. The third-order valence-electron chi connectivity index (χ3n) is 3.27. The monoisotopic (exact) mass is 251 g/mol. The molecular weight excluding hydrogens is 230 g/mol. The number of hydrogen-bond donors (Lipinski definition) is 1. The van der Waals surface area contributed by atoms with Gasteiger partial charge in [-0.3, -0.25) is 0 Å². The quantitative estimate of drug-likeness (QED) is 0.890. The number of thioether (sulfide) groups is 1. The molecule has 2 rings (SSSR count). The summed E-state index contributed by atoms with van der Waals surface area (Å²) < 4.78 is 5.75. The molecule has 17 heavy (non-hydrogen) atoms. The van der Waals surface area contributed by atoms with Crippen LogP contribution in [-0.4, -0.2) is 18.9 Å². The van der Waals surface area contributed by atoms with Crippen molar-refractivity contribution in [3.05, 3.63) is 29.3 Å². The highest BCUT2D eigenvalue weighted by Crippen LogP contribution is 2.38. The second-order valence-corrected chi connectivity index (χ2v) is 5.88. The highest BCUT2D eigenvalue weighted by Gasteiger charge is 2.23. The summed E-state index contributed by atoms with van der Waals surface area (Å²) in [5.41, 5.74) is 2.79. The zero-order chi connectivity index (χ0) is 12.3. The van der Waals surface area contributed by atoms with Gasteiger partial charge in [-0.15, -0.1) is 0 Å². The molecule has 2 unspecified atom stereocenters. The maximum Gasteiger partial charge on any atom is 0.123 e. The summed E-state index contributed by atoms with van der Waals surface area (Å²) in [5, 5.41) is 4.12. The van der Waals surface area contributed by atoms with Crippen molar-refractivity contribution in [2.75, 3.05) is 13.7 Å². The van der Waals surface area contributed by atoms with Crippen LogP contribution in [0.4, 0.5) is 0 Å². The van der Waals surface area contributed by atoms with Gasteiger partial charge in [0.1, 0.15) is 5.75 Å². The summed E-state index contributed by atoms with van der Waals surface area (Å²) in [6.45, 7) is 5.09. The molecule has 3 heteroatoms. The van der Waals surface area contributed by atoms with Crippen molar-refractivity contribution in [3.8, 4) is 5.75 Å². The molecule has 1 N–H and O–H groups in total. The van der Waals surface area contributed by atoms with Gasteiger partial charge in [0.2, 0.25) is 0 Å². The van der Waals surface area contributed by atoms with E-state index in [4.69, 9.17) is 4.74 Å². The fourth-order valence-electron chi connectivity index (χ4n) is 2.38. The van der Waals surface area contributed by atoms with Gasteiger partial charge in [-0.1, -0.05) is 19.1 Å². The number of fused-ring (bicyclic) bond motifs is 1. The van der Waals surface area contributed by atoms with Crippen LogP contribution in [0.1, 0.15) is 37.4 Å². The SMILES string of the molecule is CCOc1cccc2c1CSC(C)CC2NC. The van der Waals surface area contributed by atoms with E-state index in [9.17, 15) is 0 Å². The molecule has 0 saturated heterocycles. The van der Waals surface area contributed by atoms with Gasteiger partial charge in [0, 0.05) is 22.6 Å². The molecular formula is C14H21NOS. The second kappa shape index (κ2) is 5.78. The van der Waals surface area contributed by atoms with Crippen LogP contribution in [0.5, 0.6) is 5.75 Å². The summed E-state index contributed by atoms with van der Waals surface area (Å²) in [4.78, 5) is 0. The summed E-state index contributed by atoms with van der Waals surface area (Å²) in [6, 6.07) is 6.88. The Bertz CT molecular complexity index is 380. The Morgan fingerprint density at radius 2 is 2.29 bits per heavy atom. The number of benzene rings is 1. The predicted molar refractivity (Wildman–Crippen MR) is 74.8 cm³/mol. The highest BCUT2D eigenvalue weighted by molar-refractivity contribution is 7.99. The normalized spacial score (nSPS) is 23.9. The molecule has 1 aromatic rings. The van der Waals surface area contributed by atoms with Crippen molar-refractivity contribution in [1.82, 2.24) is 5.32 Å². The van der Waals surface area contributed by atoms with Gasteiger partial charge in [-0.2, -0.15) is 11.8 Å². The minimum atomic E-state index is 0.454. The molecule has 0 fully saturated rings. The van der Waals surface area contributed by atoms with Crippen molar-refractivity contribution in [1.29, 1.82) is 0 Å². The molecule has 0 radical (unpaired) electrons. The summed E-state index contributed by atoms with van der Waals surface area (Å²) in [7, 11) is 2.05. The van der Waals surface area contributed by atoms with Gasteiger partial charge in [-0.05, 0) is 32.0 Å². The maximum absolute atomic E-state index is 5.75. The van der Waals surface area contributed by atoms with Crippen LogP contribution in [0.15, 0.2) is 18.2 Å². The number of rotatable bonds is 3. The van der Waals surface area contributed by atoms with E-state index in [1.54, 1.807) is 0 Å². The molecule has 1 aromatic carbocycles. The Morgan fingerprint density at radius 3 is 3.00 bits per heavy atom. The van der Waals surface area contributed by atoms with Gasteiger partial charge in [0.05, 0.1) is 6.61 Å². The van der Waals surface area contributed by atoms with Crippen LogP contribution in [0.2, 0.25) is 0 Å². The van der Waals surface area contributed by atoms with Crippen molar-refractivity contribution in [2.24, 2.45) is 0 Å². The topological polar surface area (TPSA) is 21.3 Å². The standard InChI is InChI=1S/C14H21NOS/c1-4-16-14-7-5-6-11-12(14)9-17-10(2)8-13(11)15-3/h5-7,10,13,15H,4,8-9H2,1-3H3. The highest BCUT2D eigenvalue weighted by atomic mass is 32.2. The first-order valence-electron chi connectivity index (χ1n) is 6.29. The summed E-state index contributed by atoms with van der Waals surface area (Å²) in [6.07, 6.45) is 1.18. The Labute approximate surface area is 108 Å². The minimum absolute atomic E-state index is 0.454. The number of ether oxygens (including phenoxy) is 1. The molecule has 1 aliphatic rings. The van der Waals surface area contributed by atoms with Crippen LogP contribution in [0.25, 0.3) is 0 Å². The van der Waals surface area contributed by atoms with Gasteiger partial charge in [-0.25, -0.2) is 0 Å². The lowest BCUT2D eigenvalue weighted by atomic mass is 9.97. The lowest BCUT2D eigenvalue weighted by molar-refractivity contribution is 0.336. The molecule has 1 heterocycles. The fourth-order valence-corrected chi connectivity index (χ4v) is 3.47. The van der Waals surface area contributed by atoms with Crippen molar-refractivity contribution in [3.63, 3.8) is 0 Å². The lowest BCUT2D eigenvalue weighted by Crippen LogP contribution is -2.19. The Morgan fingerprint density at radius 1 is 1.47 bits per heavy atom. The third kappa shape index (κ3) is 2.78. The van der Waals surface area contributed by atoms with Gasteiger partial charge in [0.15, 0.2) is 0 Å². The molecule has 0 bridgehead atoms. The van der Waals surface area contributed by atoms with Crippen LogP contribution in [0.3, 0.4) is 0 Å². The molecule has 2 nitrogen and oxygen atoms in total. The van der Waals surface area contributed by atoms with Gasteiger partial charge in [0.25, 0.3) is 0 Å². The van der Waals surface area contributed by atoms with Crippen LogP contribution in [-0.2, 0) is 5.75 Å². The van der Waals surface area contributed by atoms with Crippen molar-refractivity contribution in [2.45, 2.75) is 37.3 Å². The first-order valence-corrected chi connectivity index (χ1v) is 7.34. The lowest BCUT2D eigenvalue weighted by Gasteiger charge is -2.19. The first-order chi connectivity index (χ1) is 8.26. The van der Waals surface area contributed by atoms with Crippen molar-refractivity contribution >= 4 is 11.8 Å². The fraction of sp³-hybridized carbons (Fsp3) is 0.571. The zero-order valence-electron chi connectivity index (χ0n) is 10.8. The van der Waals surface area contributed by atoms with E-state index < -0.39 is 0 Å². The average molecular weight is 251 g/mol. The molecule has 0 spiro atoms. The maximum atomic E-state index is 5.75. The zero-order valence-corrected chi connectivity index (χ0v) is 11.6. The molecule has 0 saturated carbocycles. The van der Waals surface area contributed by atoms with Gasteiger partial charge >= 0.3 is 0 Å². The van der Waals surface area contributed by atoms with E-state index in [2.05, 4.69) is 30.4 Å². The molecule has 1 aliphatic heterocycles. The Hall–Kier alpha value is -0.670. The van der Waals surface area contributed by atoms with Crippen LogP contribution in [0, 0.1) is 0 Å². The van der Waals surface area contributed by atoms with E-state index in [1.807, 2.05) is 25.7 Å². The predicted octanol–water partition coefficient (Wildman–Crippen LogP) is 3.37. The minimum Gasteiger partial charge on any atom is -0.494 e. The van der Waals surface area contributed by atoms with E-state index >= 15 is 0 Å². The Balaban J connectivity index is 2.39. The summed E-state index contributed by atoms with van der Waals surface area (Å²) >= 11 is 2.02. The molecule has 0 aliphatic carbocycles. The molecule has 2 atom stereocenters. The van der Waals surface area contributed by atoms with Gasteiger partial charge < -0.3 is 10.1 Å². The van der Waals surface area contributed by atoms with E-state index in [0.29, 0.717) is 11.3 Å². The third-order valence-corrected chi connectivity index (χ3v) is 4.49. The smallest absolute Gasteiger partial charge is 0.123 e. The second-order valence-electron chi connectivity index (χ2n) is 4.46. The summed E-state index contributed by atoms with van der Waals surface area (Å²) in [5.74, 6) is 2.12. The number of nitrogens with one attached hydrogen (secondary N) is 1. The first kappa shape index (κ1) is 12.8. The average Bonchev–Trinajstić information content (AvgIpc) is 2.50. The largest absolute Gasteiger partial charge is 0.494 e. The van der Waals surface area contributed by atoms with Crippen LogP contribution < -0.4 is 10.1 Å². The van der Waals surface area contributed by atoms with E-state index in [1.165, 1.54) is 17.5 Å².